The van der Waals surface area contributed by atoms with Crippen LogP contribution in [0.1, 0.15) is 33.0 Å². The smallest absolute Gasteiger partial charge is 0.277 e. The van der Waals surface area contributed by atoms with Crippen molar-refractivity contribution >= 4 is 16.7 Å². The van der Waals surface area contributed by atoms with E-state index in [1.165, 1.54) is 40.6 Å². The maximum atomic E-state index is 14.5. The fourth-order valence-corrected chi connectivity index (χ4v) is 3.61. The maximum Gasteiger partial charge on any atom is 0.277 e. The molecule has 1 N–H and O–H groups in total. The van der Waals surface area contributed by atoms with E-state index in [4.69, 9.17) is 0 Å². The minimum atomic E-state index is -0.542. The third-order valence-electron chi connectivity index (χ3n) is 5.10. The number of carbonyl (C=O) groups excluding carboxylic acids is 1. The van der Waals surface area contributed by atoms with E-state index in [1.807, 2.05) is 0 Å². The van der Waals surface area contributed by atoms with Crippen LogP contribution in [0.15, 0.2) is 46.0 Å². The Morgan fingerprint density at radius 1 is 1.03 bits per heavy atom. The first-order valence-corrected chi connectivity index (χ1v) is 9.29. The van der Waals surface area contributed by atoms with Crippen LogP contribution in [0.4, 0.5) is 4.39 Å². The minimum absolute atomic E-state index is 0.0156. The number of benzene rings is 2. The van der Waals surface area contributed by atoms with Crippen LogP contribution in [0.3, 0.4) is 0 Å². The van der Waals surface area contributed by atoms with Gasteiger partial charge in [0.1, 0.15) is 17.2 Å². The molecule has 0 bridgehead atoms. The third kappa shape index (κ3) is 2.97. The Hall–Kier alpha value is -3.81. The summed E-state index contributed by atoms with van der Waals surface area (Å²) in [6.07, 6.45) is 0. The van der Waals surface area contributed by atoms with Gasteiger partial charge in [0, 0.05) is 18.3 Å². The van der Waals surface area contributed by atoms with E-state index >= 15 is 0 Å². The Kier molecular flexibility index (Phi) is 4.49. The monoisotopic (exact) mass is 406 g/mol. The molecule has 0 unspecified atom stereocenters. The van der Waals surface area contributed by atoms with Crippen molar-refractivity contribution in [2.75, 3.05) is 0 Å². The zero-order chi connectivity index (χ0) is 21.7. The van der Waals surface area contributed by atoms with Crippen LogP contribution in [0, 0.1) is 26.6 Å². The lowest BCUT2D eigenvalue weighted by molar-refractivity contribution is 0.103. The first-order chi connectivity index (χ1) is 14.2. The molecule has 0 amide bonds. The van der Waals surface area contributed by atoms with Crippen molar-refractivity contribution in [3.63, 3.8) is 0 Å². The number of fused-ring (bicyclic) bond motifs is 1. The minimum Gasteiger partial charge on any atom is -0.299 e. The number of nitrogens with one attached hydrogen (secondary N) is 1. The lowest BCUT2D eigenvalue weighted by Crippen LogP contribution is -2.24. The summed E-state index contributed by atoms with van der Waals surface area (Å²) >= 11 is 0. The molecule has 2 aromatic carbocycles. The van der Waals surface area contributed by atoms with Crippen molar-refractivity contribution in [2.45, 2.75) is 20.8 Å². The number of nitrogens with zero attached hydrogens (tertiary/aromatic N) is 3. The molecule has 0 radical (unpaired) electrons. The van der Waals surface area contributed by atoms with Crippen LogP contribution >= 0.6 is 0 Å². The Morgan fingerprint density at radius 3 is 2.40 bits per heavy atom. The summed E-state index contributed by atoms with van der Waals surface area (Å²) in [7, 11) is 1.52. The standard InChI is InChI=1S/C22H19FN4O3/c1-11-5-8-18(16(23)9-11)27-13(3)24-17-7-6-14(10-15(17)21(27)29)20(28)19-12(2)25-26(4)22(19)30/h5-10,25H,1-4H3. The van der Waals surface area contributed by atoms with Crippen LogP contribution in [0.25, 0.3) is 16.6 Å². The van der Waals surface area contributed by atoms with Gasteiger partial charge in [-0.2, -0.15) is 0 Å². The van der Waals surface area contributed by atoms with Gasteiger partial charge in [0.25, 0.3) is 11.1 Å². The molecule has 4 rings (SSSR count). The fraction of sp³-hybridized carbons (Fsp3) is 0.182. The SMILES string of the molecule is Cc1ccc(-n2c(C)nc3ccc(C(=O)c4c(C)[nH]n(C)c4=O)cc3c2=O)c(F)c1. The van der Waals surface area contributed by atoms with Crippen LogP contribution < -0.4 is 11.1 Å². The van der Waals surface area contributed by atoms with Crippen molar-refractivity contribution in [1.29, 1.82) is 0 Å². The molecule has 0 saturated heterocycles. The molecule has 0 spiro atoms. The Morgan fingerprint density at radius 2 is 1.77 bits per heavy atom. The molecule has 0 fully saturated rings. The van der Waals surface area contributed by atoms with Gasteiger partial charge in [0.05, 0.1) is 16.6 Å². The van der Waals surface area contributed by atoms with E-state index in [1.54, 1.807) is 32.9 Å². The number of hydrogen-bond acceptors (Lipinski definition) is 4. The molecule has 152 valence electrons. The second kappa shape index (κ2) is 6.91. The average Bonchev–Trinajstić information content (AvgIpc) is 2.94. The van der Waals surface area contributed by atoms with Crippen molar-refractivity contribution in [2.24, 2.45) is 7.05 Å². The molecule has 2 aromatic heterocycles. The largest absolute Gasteiger partial charge is 0.299 e. The van der Waals surface area contributed by atoms with Gasteiger partial charge in [-0.1, -0.05) is 6.07 Å². The number of aryl methyl sites for hydroxylation is 4. The highest BCUT2D eigenvalue weighted by molar-refractivity contribution is 6.10. The van der Waals surface area contributed by atoms with Crippen molar-refractivity contribution < 1.29 is 9.18 Å². The Bertz CT molecular complexity index is 1460. The predicted molar refractivity (Wildman–Crippen MR) is 111 cm³/mol. The zero-order valence-electron chi connectivity index (χ0n) is 16.9. The van der Waals surface area contributed by atoms with Crippen LogP contribution in [0.2, 0.25) is 0 Å². The van der Waals surface area contributed by atoms with E-state index in [-0.39, 0.29) is 22.2 Å². The molecular formula is C22H19FN4O3. The zero-order valence-corrected chi connectivity index (χ0v) is 16.9. The number of carbonyl (C=O) groups is 1. The number of halogens is 1. The summed E-state index contributed by atoms with van der Waals surface area (Å²) in [6.45, 7) is 5.01. The van der Waals surface area contributed by atoms with Crippen LogP contribution in [-0.2, 0) is 7.05 Å². The molecule has 0 aliphatic rings. The Balaban J connectivity index is 1.94. The topological polar surface area (TPSA) is 89.8 Å². The van der Waals surface area contributed by atoms with Crippen LogP contribution in [-0.4, -0.2) is 25.1 Å². The molecular weight excluding hydrogens is 387 g/mol. The van der Waals surface area contributed by atoms with Gasteiger partial charge in [-0.15, -0.1) is 0 Å². The van der Waals surface area contributed by atoms with Crippen molar-refractivity contribution in [3.05, 3.63) is 91.1 Å². The molecule has 8 heteroatoms. The summed E-state index contributed by atoms with van der Waals surface area (Å²) < 4.78 is 16.9. The number of ketones is 1. The number of H-pyrrole nitrogens is 1. The van der Waals surface area contributed by atoms with Gasteiger partial charge in [-0.3, -0.25) is 28.7 Å². The predicted octanol–water partition coefficient (Wildman–Crippen LogP) is 2.71. The summed E-state index contributed by atoms with van der Waals surface area (Å²) in [5.74, 6) is -0.714. The molecule has 4 aromatic rings. The summed E-state index contributed by atoms with van der Waals surface area (Å²) in [5.41, 5.74) is 0.900. The molecule has 0 saturated carbocycles. The normalized spacial score (nSPS) is 11.2. The fourth-order valence-electron chi connectivity index (χ4n) is 3.61. The summed E-state index contributed by atoms with van der Waals surface area (Å²) in [5, 5.41) is 2.95. The third-order valence-corrected chi connectivity index (χ3v) is 5.10. The maximum absolute atomic E-state index is 14.5. The first-order valence-electron chi connectivity index (χ1n) is 9.29. The average molecular weight is 406 g/mol. The molecule has 0 aliphatic carbocycles. The van der Waals surface area contributed by atoms with Gasteiger partial charge < -0.3 is 0 Å². The van der Waals surface area contributed by atoms with Crippen molar-refractivity contribution in [3.8, 4) is 5.69 Å². The van der Waals surface area contributed by atoms with Crippen molar-refractivity contribution in [1.82, 2.24) is 19.3 Å². The van der Waals surface area contributed by atoms with Gasteiger partial charge >= 0.3 is 0 Å². The van der Waals surface area contributed by atoms with E-state index in [9.17, 15) is 18.8 Å². The number of aromatic nitrogens is 4. The highest BCUT2D eigenvalue weighted by atomic mass is 19.1. The first kappa shape index (κ1) is 19.5. The van der Waals surface area contributed by atoms with E-state index in [2.05, 4.69) is 10.1 Å². The summed E-state index contributed by atoms with van der Waals surface area (Å²) in [4.78, 5) is 42.8. The lowest BCUT2D eigenvalue weighted by Gasteiger charge is -2.12. The summed E-state index contributed by atoms with van der Waals surface area (Å²) in [6, 6.07) is 9.06. The van der Waals surface area contributed by atoms with Gasteiger partial charge in [0.15, 0.2) is 5.78 Å². The molecule has 30 heavy (non-hydrogen) atoms. The number of hydrogen-bond donors (Lipinski definition) is 1. The quantitative estimate of drug-likeness (QED) is 0.530. The number of rotatable bonds is 3. The van der Waals surface area contributed by atoms with E-state index in [0.29, 0.717) is 17.0 Å². The molecule has 2 heterocycles. The van der Waals surface area contributed by atoms with Gasteiger partial charge in [-0.05, 0) is 56.7 Å². The van der Waals surface area contributed by atoms with E-state index < -0.39 is 22.7 Å². The van der Waals surface area contributed by atoms with E-state index in [0.717, 1.165) is 5.56 Å². The second-order valence-corrected chi connectivity index (χ2v) is 7.29. The second-order valence-electron chi connectivity index (χ2n) is 7.29. The molecule has 0 aliphatic heterocycles. The highest BCUT2D eigenvalue weighted by Gasteiger charge is 2.21. The van der Waals surface area contributed by atoms with Gasteiger partial charge in [0.2, 0.25) is 0 Å². The number of aromatic amines is 1. The Labute approximate surface area is 170 Å². The highest BCUT2D eigenvalue weighted by Crippen LogP contribution is 2.19. The van der Waals surface area contributed by atoms with Gasteiger partial charge in [-0.25, -0.2) is 9.37 Å². The molecule has 0 atom stereocenters. The lowest BCUT2D eigenvalue weighted by atomic mass is 10.0. The molecule has 7 nitrogen and oxygen atoms in total. The van der Waals surface area contributed by atoms with Crippen LogP contribution in [0.5, 0.6) is 0 Å².